The van der Waals surface area contributed by atoms with Gasteiger partial charge in [0.05, 0.1) is 22.4 Å². The molecule has 0 N–H and O–H groups in total. The van der Waals surface area contributed by atoms with Crippen molar-refractivity contribution in [1.29, 1.82) is 0 Å². The molecule has 4 heteroatoms. The average Bonchev–Trinajstić information content (AvgIpc) is 1.69. The summed E-state index contributed by atoms with van der Waals surface area (Å²) in [6.07, 6.45) is 0. The van der Waals surface area contributed by atoms with Crippen LogP contribution in [-0.4, -0.2) is 9.55 Å². The van der Waals surface area contributed by atoms with Gasteiger partial charge in [0, 0.05) is 44.8 Å². The van der Waals surface area contributed by atoms with Crippen molar-refractivity contribution in [3.05, 3.63) is 400 Å². The molecule has 1 aromatic heterocycles. The van der Waals surface area contributed by atoms with E-state index in [1.54, 1.807) is 0 Å². The van der Waals surface area contributed by atoms with Crippen molar-refractivity contribution in [1.82, 2.24) is 9.55 Å². The van der Waals surface area contributed by atoms with Crippen LogP contribution in [0.1, 0.15) is 0 Å². The van der Waals surface area contributed by atoms with E-state index in [1.807, 2.05) is 0 Å². The number of anilines is 6. The highest BCUT2D eigenvalue weighted by Crippen LogP contribution is 2.47. The summed E-state index contributed by atoms with van der Waals surface area (Å²) in [5, 5.41) is 14.9. The Morgan fingerprint density at radius 2 is 0.564 bits per heavy atom. The van der Waals surface area contributed by atoms with Gasteiger partial charge in [-0.1, -0.05) is 297 Å². The Morgan fingerprint density at radius 3 is 1.09 bits per heavy atom. The minimum atomic E-state index is 0.933. The lowest BCUT2D eigenvalue weighted by Gasteiger charge is -2.27. The standard InChI is InChI=1S/C53H34N2.C44H32N2/c1-2-16-44(17-3-1)55-50-21-11-10-20-49(50)54-53(55)38-26-22-37(23-27-38)41-30-31-47-48(34-41)52(43-29-25-36-13-5-7-15-40(36)33-43)46-19-9-8-18-45(46)51(47)42-28-24-35-12-4-6-14-39(35)32-42;1-3-17-37(18-4-1)45(43-23-11-15-35-13-7-9-21-41(35)43)39-29-25-33(26-30-39)34-27-31-40(32-28-34)46(38-19-5-2-6-20-38)44-24-12-16-36-14-8-10-22-42(36)44/h1-34H;1-32H. The van der Waals surface area contributed by atoms with Gasteiger partial charge in [0.25, 0.3) is 0 Å². The van der Waals surface area contributed by atoms with Crippen molar-refractivity contribution in [2.45, 2.75) is 0 Å². The first-order valence-electron chi connectivity index (χ1n) is 34.6. The molecule has 0 spiro atoms. The Kier molecular flexibility index (Phi) is 15.6. The van der Waals surface area contributed by atoms with E-state index in [0.29, 0.717) is 0 Å². The number of para-hydroxylation sites is 5. The van der Waals surface area contributed by atoms with Crippen LogP contribution in [0.25, 0.3) is 137 Å². The summed E-state index contributed by atoms with van der Waals surface area (Å²) in [7, 11) is 0. The number of nitrogens with zero attached hydrogens (tertiary/aromatic N) is 4. The number of hydrogen-bond acceptors (Lipinski definition) is 3. The summed E-state index contributed by atoms with van der Waals surface area (Å²) in [4.78, 5) is 9.81. The first-order valence-corrected chi connectivity index (χ1v) is 34.6. The van der Waals surface area contributed by atoms with Crippen LogP contribution in [0.3, 0.4) is 0 Å². The van der Waals surface area contributed by atoms with Crippen LogP contribution in [0.2, 0.25) is 0 Å². The third kappa shape index (κ3) is 11.4. The molecular formula is C97H66N4. The van der Waals surface area contributed by atoms with Gasteiger partial charge in [0.1, 0.15) is 5.82 Å². The molecule has 18 aromatic carbocycles. The maximum atomic E-state index is 5.12. The lowest BCUT2D eigenvalue weighted by molar-refractivity contribution is 1.10. The Labute approximate surface area is 587 Å². The molecule has 0 aliphatic heterocycles. The average molecular weight is 1290 g/mol. The monoisotopic (exact) mass is 1290 g/mol. The molecule has 4 nitrogen and oxygen atoms in total. The largest absolute Gasteiger partial charge is 0.310 e. The normalized spacial score (nSPS) is 11.4. The molecule has 0 fully saturated rings. The molecule has 0 radical (unpaired) electrons. The maximum absolute atomic E-state index is 5.12. The lowest BCUT2D eigenvalue weighted by Crippen LogP contribution is -2.10. The van der Waals surface area contributed by atoms with Gasteiger partial charge in [-0.15, -0.1) is 0 Å². The fourth-order valence-corrected chi connectivity index (χ4v) is 15.0. The Balaban J connectivity index is 0.000000148. The Hall–Kier alpha value is -13.4. The Bertz CT molecular complexity index is 6070. The summed E-state index contributed by atoms with van der Waals surface area (Å²) in [6, 6.07) is 144. The lowest BCUT2D eigenvalue weighted by atomic mass is 9.84. The zero-order valence-corrected chi connectivity index (χ0v) is 55.4. The minimum Gasteiger partial charge on any atom is -0.310 e. The molecule has 19 aromatic rings. The van der Waals surface area contributed by atoms with Crippen molar-refractivity contribution >= 4 is 110 Å². The van der Waals surface area contributed by atoms with Gasteiger partial charge < -0.3 is 9.80 Å². The molecule has 0 atom stereocenters. The van der Waals surface area contributed by atoms with Gasteiger partial charge in [-0.2, -0.15) is 0 Å². The molecule has 1 heterocycles. The van der Waals surface area contributed by atoms with Gasteiger partial charge in [-0.05, 0) is 201 Å². The summed E-state index contributed by atoms with van der Waals surface area (Å²) in [5.74, 6) is 0.933. The second kappa shape index (κ2) is 26.2. The van der Waals surface area contributed by atoms with E-state index in [1.165, 1.54) is 104 Å². The van der Waals surface area contributed by atoms with Crippen molar-refractivity contribution in [2.24, 2.45) is 0 Å². The van der Waals surface area contributed by atoms with Crippen LogP contribution >= 0.6 is 0 Å². The number of rotatable bonds is 12. The highest BCUT2D eigenvalue weighted by atomic mass is 15.1. The van der Waals surface area contributed by atoms with Gasteiger partial charge in [0.2, 0.25) is 0 Å². The summed E-state index contributed by atoms with van der Waals surface area (Å²) >= 11 is 0. The second-order valence-corrected chi connectivity index (χ2v) is 25.8. The van der Waals surface area contributed by atoms with E-state index in [4.69, 9.17) is 4.98 Å². The molecule has 0 aliphatic rings. The summed E-state index contributed by atoms with van der Waals surface area (Å²) < 4.78 is 2.26. The minimum absolute atomic E-state index is 0.933. The van der Waals surface area contributed by atoms with Crippen LogP contribution in [0, 0.1) is 0 Å². The summed E-state index contributed by atoms with van der Waals surface area (Å²) in [6.45, 7) is 0. The van der Waals surface area contributed by atoms with Crippen molar-refractivity contribution in [2.75, 3.05) is 9.80 Å². The van der Waals surface area contributed by atoms with Crippen molar-refractivity contribution < 1.29 is 0 Å². The number of hydrogen-bond donors (Lipinski definition) is 0. The van der Waals surface area contributed by atoms with Crippen molar-refractivity contribution in [3.8, 4) is 61.6 Å². The van der Waals surface area contributed by atoms with Gasteiger partial charge in [0.15, 0.2) is 0 Å². The van der Waals surface area contributed by atoms with E-state index in [-0.39, 0.29) is 0 Å². The third-order valence-corrected chi connectivity index (χ3v) is 19.8. The predicted molar refractivity (Wildman–Crippen MR) is 429 cm³/mol. The number of imidazole rings is 1. The smallest absolute Gasteiger partial charge is 0.145 e. The maximum Gasteiger partial charge on any atom is 0.145 e. The number of fused-ring (bicyclic) bond motifs is 7. The quantitative estimate of drug-likeness (QED) is 0.114. The molecule has 0 saturated carbocycles. The van der Waals surface area contributed by atoms with E-state index in [2.05, 4.69) is 415 Å². The number of aromatic nitrogens is 2. The molecule has 0 unspecified atom stereocenters. The molecule has 101 heavy (non-hydrogen) atoms. The van der Waals surface area contributed by atoms with Gasteiger partial charge in [-0.3, -0.25) is 4.57 Å². The van der Waals surface area contributed by atoms with Crippen LogP contribution in [0.15, 0.2) is 400 Å². The van der Waals surface area contributed by atoms with E-state index >= 15 is 0 Å². The van der Waals surface area contributed by atoms with E-state index < -0.39 is 0 Å². The molecule has 0 aliphatic carbocycles. The highest BCUT2D eigenvalue weighted by Gasteiger charge is 2.22. The second-order valence-electron chi connectivity index (χ2n) is 25.8. The first kappa shape index (κ1) is 60.0. The highest BCUT2D eigenvalue weighted by molar-refractivity contribution is 6.23. The third-order valence-electron chi connectivity index (χ3n) is 19.8. The fraction of sp³-hybridized carbons (Fsp3) is 0. The van der Waals surface area contributed by atoms with Crippen LogP contribution in [0.4, 0.5) is 34.1 Å². The summed E-state index contributed by atoms with van der Waals surface area (Å²) in [5.41, 5.74) is 20.7. The van der Waals surface area contributed by atoms with E-state index in [0.717, 1.165) is 67.8 Å². The van der Waals surface area contributed by atoms with Crippen LogP contribution in [-0.2, 0) is 0 Å². The van der Waals surface area contributed by atoms with Crippen molar-refractivity contribution in [3.63, 3.8) is 0 Å². The Morgan fingerprint density at radius 1 is 0.208 bits per heavy atom. The first-order chi connectivity index (χ1) is 50.1. The molecule has 0 amide bonds. The zero-order valence-electron chi connectivity index (χ0n) is 55.4. The number of benzene rings is 18. The zero-order chi connectivity index (χ0) is 67.0. The SMILES string of the molecule is c1ccc(-n2c(-c3ccc(-c4ccc5c(-c6ccc7ccccc7c6)c6ccccc6c(-c6ccc7ccccc7c6)c5c4)cc3)nc3ccccc32)cc1.c1ccc(N(c2ccc(-c3ccc(N(c4ccccc4)c4cccc5ccccc45)cc3)cc2)c2cccc3ccccc23)cc1. The molecule has 474 valence electrons. The van der Waals surface area contributed by atoms with Crippen LogP contribution in [0.5, 0.6) is 0 Å². The van der Waals surface area contributed by atoms with Gasteiger partial charge >= 0.3 is 0 Å². The topological polar surface area (TPSA) is 24.3 Å². The fourth-order valence-electron chi connectivity index (χ4n) is 15.0. The molecule has 19 rings (SSSR count). The van der Waals surface area contributed by atoms with Crippen LogP contribution < -0.4 is 9.80 Å². The van der Waals surface area contributed by atoms with Gasteiger partial charge in [-0.25, -0.2) is 4.98 Å². The molecule has 0 bridgehead atoms. The molecule has 0 saturated heterocycles. The van der Waals surface area contributed by atoms with E-state index in [9.17, 15) is 0 Å². The predicted octanol–water partition coefficient (Wildman–Crippen LogP) is 26.9. The molecular weight excluding hydrogens is 1220 g/mol.